The van der Waals surface area contributed by atoms with Gasteiger partial charge in [0.1, 0.15) is 5.75 Å². The van der Waals surface area contributed by atoms with E-state index in [9.17, 15) is 4.79 Å². The monoisotopic (exact) mass is 377 g/mol. The normalized spacial score (nSPS) is 10.7. The lowest BCUT2D eigenvalue weighted by Crippen LogP contribution is -2.28. The lowest BCUT2D eigenvalue weighted by molar-refractivity contribution is -0.123. The first kappa shape index (κ1) is 19.7. The molecule has 2 aromatic carbocycles. The number of ether oxygens (including phenoxy) is 1. The molecule has 1 N–H and O–H groups in total. The molecular weight excluding hydrogens is 350 g/mol. The van der Waals surface area contributed by atoms with Gasteiger partial charge in [-0.2, -0.15) is 5.10 Å². The molecular formula is C23H27N3O2. The highest BCUT2D eigenvalue weighted by atomic mass is 16.5. The molecule has 3 aromatic rings. The van der Waals surface area contributed by atoms with Gasteiger partial charge in [0.05, 0.1) is 12.2 Å². The van der Waals surface area contributed by atoms with Crippen molar-refractivity contribution in [3.63, 3.8) is 0 Å². The van der Waals surface area contributed by atoms with E-state index in [0.29, 0.717) is 12.3 Å². The number of carbonyl (C=O) groups excluding carboxylic acids is 1. The standard InChI is InChI=1S/C23H27N3O2/c1-4-19-10-12-21(13-11-19)28-16-23(27)24-14-22-17(2)25-26(18(22)3)15-20-8-6-5-7-9-20/h5-13H,4,14-16H2,1-3H3,(H,24,27). The second kappa shape index (κ2) is 9.22. The van der Waals surface area contributed by atoms with E-state index in [2.05, 4.69) is 29.5 Å². The summed E-state index contributed by atoms with van der Waals surface area (Å²) in [6, 6.07) is 18.1. The third-order valence-corrected chi connectivity index (χ3v) is 4.87. The first-order valence-electron chi connectivity index (χ1n) is 9.62. The van der Waals surface area contributed by atoms with Crippen molar-refractivity contribution in [3.8, 4) is 5.75 Å². The Morgan fingerprint density at radius 2 is 1.75 bits per heavy atom. The van der Waals surface area contributed by atoms with E-state index in [0.717, 1.165) is 29.9 Å². The fraction of sp³-hybridized carbons (Fsp3) is 0.304. The summed E-state index contributed by atoms with van der Waals surface area (Å²) in [4.78, 5) is 12.2. The molecule has 0 bridgehead atoms. The summed E-state index contributed by atoms with van der Waals surface area (Å²) in [5.74, 6) is 0.560. The van der Waals surface area contributed by atoms with Crippen LogP contribution in [0.5, 0.6) is 5.75 Å². The van der Waals surface area contributed by atoms with Gasteiger partial charge in [-0.05, 0) is 43.5 Å². The van der Waals surface area contributed by atoms with Crippen molar-refractivity contribution in [3.05, 3.63) is 82.7 Å². The van der Waals surface area contributed by atoms with Crippen LogP contribution in [0.25, 0.3) is 0 Å². The number of hydrogen-bond acceptors (Lipinski definition) is 3. The fourth-order valence-corrected chi connectivity index (χ4v) is 3.11. The summed E-state index contributed by atoms with van der Waals surface area (Å²) in [5, 5.41) is 7.56. The molecule has 5 heteroatoms. The number of nitrogens with zero attached hydrogens (tertiary/aromatic N) is 2. The number of amides is 1. The molecule has 0 saturated carbocycles. The molecule has 0 atom stereocenters. The third kappa shape index (κ3) is 5.00. The molecule has 146 valence electrons. The van der Waals surface area contributed by atoms with E-state index < -0.39 is 0 Å². The first-order chi connectivity index (χ1) is 13.6. The summed E-state index contributed by atoms with van der Waals surface area (Å²) in [5.41, 5.74) is 5.50. The molecule has 1 aromatic heterocycles. The first-order valence-corrected chi connectivity index (χ1v) is 9.62. The molecule has 28 heavy (non-hydrogen) atoms. The summed E-state index contributed by atoms with van der Waals surface area (Å²) in [6.07, 6.45) is 0.984. The van der Waals surface area contributed by atoms with Crippen LogP contribution in [-0.2, 0) is 24.3 Å². The molecule has 0 spiro atoms. The minimum absolute atomic E-state index is 0.00171. The second-order valence-electron chi connectivity index (χ2n) is 6.86. The maximum absolute atomic E-state index is 12.2. The largest absolute Gasteiger partial charge is 0.484 e. The summed E-state index contributed by atoms with van der Waals surface area (Å²) < 4.78 is 7.55. The zero-order valence-corrected chi connectivity index (χ0v) is 16.7. The second-order valence-corrected chi connectivity index (χ2v) is 6.86. The summed E-state index contributed by atoms with van der Waals surface area (Å²) in [7, 11) is 0. The Morgan fingerprint density at radius 3 is 2.43 bits per heavy atom. The number of carbonyl (C=O) groups is 1. The van der Waals surface area contributed by atoms with Crippen molar-refractivity contribution in [2.75, 3.05) is 6.61 Å². The van der Waals surface area contributed by atoms with Gasteiger partial charge in [0.25, 0.3) is 5.91 Å². The fourth-order valence-electron chi connectivity index (χ4n) is 3.11. The average Bonchev–Trinajstić information content (AvgIpc) is 2.98. The number of hydrogen-bond donors (Lipinski definition) is 1. The van der Waals surface area contributed by atoms with Gasteiger partial charge in [0, 0.05) is 17.8 Å². The molecule has 0 radical (unpaired) electrons. The molecule has 0 aliphatic rings. The topological polar surface area (TPSA) is 56.1 Å². The Balaban J connectivity index is 1.54. The minimum Gasteiger partial charge on any atom is -0.484 e. The Morgan fingerprint density at radius 1 is 1.04 bits per heavy atom. The van der Waals surface area contributed by atoms with Crippen molar-refractivity contribution in [2.24, 2.45) is 0 Å². The smallest absolute Gasteiger partial charge is 0.258 e. The van der Waals surface area contributed by atoms with Crippen molar-refractivity contribution in [2.45, 2.75) is 40.3 Å². The Labute approximate surface area is 166 Å². The van der Waals surface area contributed by atoms with E-state index in [-0.39, 0.29) is 12.5 Å². The lowest BCUT2D eigenvalue weighted by Gasteiger charge is -2.09. The summed E-state index contributed by atoms with van der Waals surface area (Å²) >= 11 is 0. The number of aromatic nitrogens is 2. The van der Waals surface area contributed by atoms with Gasteiger partial charge in [-0.15, -0.1) is 0 Å². The van der Waals surface area contributed by atoms with Crippen molar-refractivity contribution >= 4 is 5.91 Å². The molecule has 0 aliphatic carbocycles. The van der Waals surface area contributed by atoms with Crippen LogP contribution < -0.4 is 10.1 Å². The average molecular weight is 377 g/mol. The zero-order chi connectivity index (χ0) is 19.9. The predicted molar refractivity (Wildman–Crippen MR) is 110 cm³/mol. The molecule has 1 heterocycles. The predicted octanol–water partition coefficient (Wildman–Crippen LogP) is 3.81. The van der Waals surface area contributed by atoms with Crippen LogP contribution in [0.1, 0.15) is 35.0 Å². The van der Waals surface area contributed by atoms with Crippen LogP contribution in [0, 0.1) is 13.8 Å². The van der Waals surface area contributed by atoms with Crippen LogP contribution in [0.4, 0.5) is 0 Å². The minimum atomic E-state index is -0.144. The van der Waals surface area contributed by atoms with E-state index in [1.54, 1.807) is 0 Å². The van der Waals surface area contributed by atoms with E-state index in [1.165, 1.54) is 11.1 Å². The van der Waals surface area contributed by atoms with Gasteiger partial charge in [-0.1, -0.05) is 49.4 Å². The highest BCUT2D eigenvalue weighted by Gasteiger charge is 2.13. The highest BCUT2D eigenvalue weighted by molar-refractivity contribution is 5.77. The maximum Gasteiger partial charge on any atom is 0.258 e. The van der Waals surface area contributed by atoms with Crippen LogP contribution in [0.15, 0.2) is 54.6 Å². The number of nitrogens with one attached hydrogen (secondary N) is 1. The van der Waals surface area contributed by atoms with Gasteiger partial charge < -0.3 is 10.1 Å². The molecule has 0 unspecified atom stereocenters. The molecule has 0 aliphatic heterocycles. The Hall–Kier alpha value is -3.08. The molecule has 3 rings (SSSR count). The Kier molecular flexibility index (Phi) is 6.48. The molecule has 5 nitrogen and oxygen atoms in total. The van der Waals surface area contributed by atoms with Crippen LogP contribution >= 0.6 is 0 Å². The van der Waals surface area contributed by atoms with Crippen molar-refractivity contribution < 1.29 is 9.53 Å². The molecule has 0 fully saturated rings. The van der Waals surface area contributed by atoms with Crippen LogP contribution in [0.3, 0.4) is 0 Å². The lowest BCUT2D eigenvalue weighted by atomic mass is 10.2. The van der Waals surface area contributed by atoms with Gasteiger partial charge in [-0.3, -0.25) is 9.48 Å². The van der Waals surface area contributed by atoms with Crippen LogP contribution in [0.2, 0.25) is 0 Å². The van der Waals surface area contributed by atoms with Gasteiger partial charge in [0.2, 0.25) is 0 Å². The number of benzene rings is 2. The van der Waals surface area contributed by atoms with Crippen LogP contribution in [-0.4, -0.2) is 22.3 Å². The van der Waals surface area contributed by atoms with Crippen molar-refractivity contribution in [1.29, 1.82) is 0 Å². The number of rotatable bonds is 8. The zero-order valence-electron chi connectivity index (χ0n) is 16.7. The number of aryl methyl sites for hydroxylation is 2. The molecule has 0 saturated heterocycles. The van der Waals surface area contributed by atoms with Crippen molar-refractivity contribution in [1.82, 2.24) is 15.1 Å². The third-order valence-electron chi connectivity index (χ3n) is 4.87. The quantitative estimate of drug-likeness (QED) is 0.649. The summed E-state index contributed by atoms with van der Waals surface area (Å²) in [6.45, 7) is 7.29. The van der Waals surface area contributed by atoms with Gasteiger partial charge >= 0.3 is 0 Å². The van der Waals surface area contributed by atoms with Gasteiger partial charge in [-0.25, -0.2) is 0 Å². The van der Waals surface area contributed by atoms with Gasteiger partial charge in [0.15, 0.2) is 6.61 Å². The highest BCUT2D eigenvalue weighted by Crippen LogP contribution is 2.15. The maximum atomic E-state index is 12.2. The van der Waals surface area contributed by atoms with E-state index in [4.69, 9.17) is 4.74 Å². The molecule has 1 amide bonds. The SMILES string of the molecule is CCc1ccc(OCC(=O)NCc2c(C)nn(Cc3ccccc3)c2C)cc1. The Bertz CT molecular complexity index is 915. The van der Waals surface area contributed by atoms with E-state index in [1.807, 2.05) is 61.0 Å². The van der Waals surface area contributed by atoms with E-state index >= 15 is 0 Å².